The van der Waals surface area contributed by atoms with Crippen LogP contribution in [0.3, 0.4) is 0 Å². The lowest BCUT2D eigenvalue weighted by molar-refractivity contribution is -0.139. The second-order valence-corrected chi connectivity index (χ2v) is 8.28. The zero-order chi connectivity index (χ0) is 23.0. The highest BCUT2D eigenvalue weighted by Crippen LogP contribution is 2.39. The van der Waals surface area contributed by atoms with Crippen LogP contribution in [-0.2, 0) is 20.7 Å². The lowest BCUT2D eigenvalue weighted by Crippen LogP contribution is -2.55. The van der Waals surface area contributed by atoms with Crippen molar-refractivity contribution in [1.29, 1.82) is 0 Å². The van der Waals surface area contributed by atoms with Crippen LogP contribution < -0.4 is 14.4 Å². The molecule has 1 heterocycles. The van der Waals surface area contributed by atoms with Crippen LogP contribution in [0.25, 0.3) is 0 Å². The number of para-hydroxylation sites is 3. The number of methoxy groups -OCH3 is 1. The molecule has 0 saturated heterocycles. The molecule has 3 rings (SSSR count). The van der Waals surface area contributed by atoms with Crippen molar-refractivity contribution in [3.05, 3.63) is 54.1 Å². The lowest BCUT2D eigenvalue weighted by Gasteiger charge is -2.40. The number of rotatable bonds is 11. The first-order chi connectivity index (χ1) is 15.5. The van der Waals surface area contributed by atoms with Gasteiger partial charge in [0.05, 0.1) is 25.8 Å². The highest BCUT2D eigenvalue weighted by Gasteiger charge is 2.44. The number of anilines is 1. The van der Waals surface area contributed by atoms with Gasteiger partial charge < -0.3 is 19.1 Å². The summed E-state index contributed by atoms with van der Waals surface area (Å²) in [5, 5.41) is 0. The number of fused-ring (bicyclic) bond motifs is 1. The molecule has 0 aromatic heterocycles. The van der Waals surface area contributed by atoms with Crippen LogP contribution in [0.2, 0.25) is 0 Å². The molecule has 0 spiro atoms. The van der Waals surface area contributed by atoms with Gasteiger partial charge in [0, 0.05) is 18.5 Å². The average Bonchev–Trinajstić information content (AvgIpc) is 2.80. The Labute approximate surface area is 190 Å². The maximum absolute atomic E-state index is 13.5. The molecule has 32 heavy (non-hydrogen) atoms. The van der Waals surface area contributed by atoms with E-state index in [9.17, 15) is 9.59 Å². The van der Waals surface area contributed by atoms with Crippen molar-refractivity contribution in [2.24, 2.45) is 0 Å². The van der Waals surface area contributed by atoms with Gasteiger partial charge in [-0.15, -0.1) is 0 Å². The minimum absolute atomic E-state index is 0.0425. The minimum atomic E-state index is -1.02. The van der Waals surface area contributed by atoms with E-state index in [1.807, 2.05) is 60.4 Å². The van der Waals surface area contributed by atoms with Crippen LogP contribution in [0.5, 0.6) is 11.5 Å². The van der Waals surface area contributed by atoms with Crippen molar-refractivity contribution in [2.75, 3.05) is 25.2 Å². The highest BCUT2D eigenvalue weighted by molar-refractivity contribution is 6.02. The fraction of sp³-hybridized carbons (Fsp3) is 0.462. The highest BCUT2D eigenvalue weighted by atomic mass is 16.5. The van der Waals surface area contributed by atoms with E-state index in [1.54, 1.807) is 0 Å². The van der Waals surface area contributed by atoms with Crippen LogP contribution >= 0.6 is 0 Å². The summed E-state index contributed by atoms with van der Waals surface area (Å²) in [5.74, 6) is 0.964. The monoisotopic (exact) mass is 439 g/mol. The second-order valence-electron chi connectivity index (χ2n) is 8.28. The topological polar surface area (TPSA) is 65.1 Å². The zero-order valence-corrected chi connectivity index (χ0v) is 19.3. The summed E-state index contributed by atoms with van der Waals surface area (Å²) in [6.45, 7) is 4.97. The minimum Gasteiger partial charge on any atom is -0.493 e. The van der Waals surface area contributed by atoms with Crippen molar-refractivity contribution in [3.8, 4) is 11.5 Å². The summed E-state index contributed by atoms with van der Waals surface area (Å²) in [6, 6.07) is 15.1. The van der Waals surface area contributed by atoms with Crippen LogP contribution in [0.1, 0.15) is 51.5 Å². The second kappa shape index (κ2) is 11.0. The van der Waals surface area contributed by atoms with Crippen molar-refractivity contribution in [2.45, 2.75) is 58.0 Å². The number of ether oxygens (including phenoxy) is 3. The van der Waals surface area contributed by atoms with Gasteiger partial charge >= 0.3 is 5.97 Å². The predicted octanol–water partition coefficient (Wildman–Crippen LogP) is 4.94. The quantitative estimate of drug-likeness (QED) is 0.367. The van der Waals surface area contributed by atoms with Gasteiger partial charge in [0.25, 0.3) is 5.91 Å². The van der Waals surface area contributed by atoms with Crippen molar-refractivity contribution < 1.29 is 23.8 Å². The zero-order valence-electron chi connectivity index (χ0n) is 19.3. The van der Waals surface area contributed by atoms with Crippen LogP contribution in [0.4, 0.5) is 5.69 Å². The molecule has 1 aliphatic rings. The Morgan fingerprint density at radius 2 is 1.81 bits per heavy atom. The van der Waals surface area contributed by atoms with Crippen molar-refractivity contribution in [1.82, 2.24) is 0 Å². The third-order valence-electron chi connectivity index (χ3n) is 5.80. The first-order valence-electron chi connectivity index (χ1n) is 11.4. The van der Waals surface area contributed by atoms with Crippen LogP contribution in [0, 0.1) is 0 Å². The molecule has 2 aromatic carbocycles. The van der Waals surface area contributed by atoms with E-state index in [0.29, 0.717) is 18.7 Å². The fourth-order valence-electron chi connectivity index (χ4n) is 3.90. The van der Waals surface area contributed by atoms with Gasteiger partial charge in [-0.2, -0.15) is 0 Å². The maximum Gasteiger partial charge on any atom is 0.310 e. The standard InChI is InChI=1S/C26H33NO5/c1-4-5-6-11-17-27-21-13-8-10-15-23(21)32-26(2,25(27)29)16-18-31-22-14-9-7-12-20(22)19-24(28)30-3/h7-10,12-15H,4-6,11,16-19H2,1-3H3. The number of nitrogens with zero attached hydrogens (tertiary/aromatic N) is 1. The molecule has 2 aromatic rings. The molecule has 6 heteroatoms. The molecule has 0 N–H and O–H groups in total. The number of carbonyl (C=O) groups is 2. The van der Waals surface area contributed by atoms with E-state index in [-0.39, 0.29) is 24.9 Å². The summed E-state index contributed by atoms with van der Waals surface area (Å²) >= 11 is 0. The smallest absolute Gasteiger partial charge is 0.310 e. The molecule has 0 saturated carbocycles. The number of amides is 1. The Hall–Kier alpha value is -3.02. The normalized spacial score (nSPS) is 17.5. The molecule has 1 unspecified atom stereocenters. The first kappa shape index (κ1) is 23.6. The molecule has 6 nitrogen and oxygen atoms in total. The third kappa shape index (κ3) is 5.61. The Bertz CT molecular complexity index is 928. The van der Waals surface area contributed by atoms with Gasteiger partial charge in [-0.3, -0.25) is 9.59 Å². The number of carbonyl (C=O) groups excluding carboxylic acids is 2. The van der Waals surface area contributed by atoms with Gasteiger partial charge in [0.2, 0.25) is 0 Å². The summed E-state index contributed by atoms with van der Waals surface area (Å²) in [7, 11) is 1.37. The lowest BCUT2D eigenvalue weighted by atomic mass is 9.97. The molecule has 0 bridgehead atoms. The number of unbranched alkanes of at least 4 members (excludes halogenated alkanes) is 3. The predicted molar refractivity (Wildman–Crippen MR) is 124 cm³/mol. The van der Waals surface area contributed by atoms with Crippen molar-refractivity contribution in [3.63, 3.8) is 0 Å². The number of benzene rings is 2. The van der Waals surface area contributed by atoms with Gasteiger partial charge in [-0.25, -0.2) is 0 Å². The third-order valence-corrected chi connectivity index (χ3v) is 5.80. The Morgan fingerprint density at radius 1 is 1.06 bits per heavy atom. The molecule has 172 valence electrons. The molecular formula is C26H33NO5. The molecule has 1 aliphatic heterocycles. The van der Waals surface area contributed by atoms with E-state index >= 15 is 0 Å². The largest absolute Gasteiger partial charge is 0.493 e. The molecule has 1 atom stereocenters. The van der Waals surface area contributed by atoms with E-state index in [2.05, 4.69) is 6.92 Å². The van der Waals surface area contributed by atoms with E-state index < -0.39 is 5.60 Å². The van der Waals surface area contributed by atoms with Gasteiger partial charge in [-0.1, -0.05) is 56.5 Å². The van der Waals surface area contributed by atoms with E-state index in [1.165, 1.54) is 7.11 Å². The van der Waals surface area contributed by atoms with Gasteiger partial charge in [0.15, 0.2) is 5.60 Å². The van der Waals surface area contributed by atoms with Gasteiger partial charge in [0.1, 0.15) is 11.5 Å². The average molecular weight is 440 g/mol. The van der Waals surface area contributed by atoms with Crippen LogP contribution in [-0.4, -0.2) is 37.7 Å². The molecule has 0 radical (unpaired) electrons. The number of hydrogen-bond acceptors (Lipinski definition) is 5. The Kier molecular flexibility index (Phi) is 8.14. The number of esters is 1. The Balaban J connectivity index is 1.70. The maximum atomic E-state index is 13.5. The summed E-state index contributed by atoms with van der Waals surface area (Å²) in [4.78, 5) is 27.0. The Morgan fingerprint density at radius 3 is 2.59 bits per heavy atom. The van der Waals surface area contributed by atoms with Gasteiger partial charge in [-0.05, 0) is 31.5 Å². The van der Waals surface area contributed by atoms with Crippen molar-refractivity contribution >= 4 is 17.6 Å². The van der Waals surface area contributed by atoms with Crippen LogP contribution in [0.15, 0.2) is 48.5 Å². The van der Waals surface area contributed by atoms with E-state index in [4.69, 9.17) is 14.2 Å². The molecular weight excluding hydrogens is 406 g/mol. The number of hydrogen-bond donors (Lipinski definition) is 0. The first-order valence-corrected chi connectivity index (χ1v) is 11.4. The molecule has 1 amide bonds. The molecule has 0 aliphatic carbocycles. The summed E-state index contributed by atoms with van der Waals surface area (Å²) in [5.41, 5.74) is 0.565. The fourth-order valence-corrected chi connectivity index (χ4v) is 3.90. The summed E-state index contributed by atoms with van der Waals surface area (Å²) in [6.07, 6.45) is 4.90. The SMILES string of the molecule is CCCCCCN1C(=O)C(C)(CCOc2ccccc2CC(=O)OC)Oc2ccccc21. The molecule has 0 fully saturated rings. The van der Waals surface area contributed by atoms with E-state index in [0.717, 1.165) is 42.7 Å². The summed E-state index contributed by atoms with van der Waals surface area (Å²) < 4.78 is 16.9.